The van der Waals surface area contributed by atoms with Crippen LogP contribution in [0.5, 0.6) is 0 Å². The van der Waals surface area contributed by atoms with Crippen molar-refractivity contribution in [3.8, 4) is 0 Å². The third-order valence-electron chi connectivity index (χ3n) is 5.03. The fourth-order valence-electron chi connectivity index (χ4n) is 3.60. The van der Waals surface area contributed by atoms with Gasteiger partial charge in [0, 0.05) is 31.4 Å². The summed E-state index contributed by atoms with van der Waals surface area (Å²) in [6.45, 7) is 2.47. The summed E-state index contributed by atoms with van der Waals surface area (Å²) in [6, 6.07) is 4.04. The van der Waals surface area contributed by atoms with Gasteiger partial charge in [-0.05, 0) is 43.6 Å². The zero-order valence-electron chi connectivity index (χ0n) is 14.6. The Balaban J connectivity index is 1.59. The Morgan fingerprint density at radius 3 is 3.00 bits per heavy atom. The summed E-state index contributed by atoms with van der Waals surface area (Å²) in [5, 5.41) is 6.44. The third-order valence-corrected chi connectivity index (χ3v) is 5.03. The van der Waals surface area contributed by atoms with Crippen molar-refractivity contribution in [1.82, 2.24) is 20.2 Å². The van der Waals surface area contributed by atoms with Gasteiger partial charge in [0.2, 0.25) is 0 Å². The molecule has 1 amide bonds. The number of fused-ring (bicyclic) bond motifs is 1. The molecule has 2 N–H and O–H groups in total. The molecule has 1 atom stereocenters. The minimum atomic E-state index is -0.895. The number of nitrogens with zero attached hydrogens (tertiary/aromatic N) is 2. The Kier molecular flexibility index (Phi) is 4.84. The number of aromatic nitrogens is 2. The van der Waals surface area contributed by atoms with Gasteiger partial charge in [0.05, 0.1) is 11.1 Å². The normalized spacial score (nSPS) is 21.0. The summed E-state index contributed by atoms with van der Waals surface area (Å²) in [6.07, 6.45) is 10.3. The van der Waals surface area contributed by atoms with Crippen LogP contribution in [0.25, 0.3) is 11.0 Å². The molecule has 6 heteroatoms. The largest absolute Gasteiger partial charge is 0.349 e. The zero-order valence-corrected chi connectivity index (χ0v) is 14.6. The molecule has 1 saturated heterocycles. The number of hydrogen-bond donors (Lipinski definition) is 2. The summed E-state index contributed by atoms with van der Waals surface area (Å²) >= 11 is 0. The predicted octanol–water partition coefficient (Wildman–Crippen LogP) is 2.74. The van der Waals surface area contributed by atoms with Crippen LogP contribution in [0.4, 0.5) is 4.39 Å². The van der Waals surface area contributed by atoms with Gasteiger partial charge in [-0.2, -0.15) is 0 Å². The number of pyridine rings is 1. The lowest BCUT2D eigenvalue weighted by Crippen LogP contribution is -2.42. The Morgan fingerprint density at radius 1 is 1.38 bits per heavy atom. The van der Waals surface area contributed by atoms with Crippen molar-refractivity contribution < 1.29 is 9.18 Å². The Morgan fingerprint density at radius 2 is 2.23 bits per heavy atom. The van der Waals surface area contributed by atoms with Crippen molar-refractivity contribution >= 4 is 16.9 Å². The number of hydrogen-bond acceptors (Lipinski definition) is 3. The number of alkyl halides is 1. The number of piperidine rings is 1. The van der Waals surface area contributed by atoms with Gasteiger partial charge in [0.15, 0.2) is 0 Å². The molecule has 2 aliphatic rings. The van der Waals surface area contributed by atoms with E-state index in [-0.39, 0.29) is 11.9 Å². The SMILES string of the molecule is O=C(NC1CCNCC1)c1cn(CC2=CCC(F)C=C2)c2cccnc12. The van der Waals surface area contributed by atoms with Crippen LogP contribution in [0.3, 0.4) is 0 Å². The second kappa shape index (κ2) is 7.41. The van der Waals surface area contributed by atoms with Crippen molar-refractivity contribution in [3.63, 3.8) is 0 Å². The van der Waals surface area contributed by atoms with Gasteiger partial charge < -0.3 is 15.2 Å². The second-order valence-electron chi connectivity index (χ2n) is 6.93. The van der Waals surface area contributed by atoms with E-state index >= 15 is 0 Å². The summed E-state index contributed by atoms with van der Waals surface area (Å²) in [5.74, 6) is -0.0728. The molecular formula is C20H23FN4O. The molecule has 2 aromatic heterocycles. The summed E-state index contributed by atoms with van der Waals surface area (Å²) in [7, 11) is 0. The topological polar surface area (TPSA) is 59.0 Å². The molecule has 0 spiro atoms. The molecule has 0 radical (unpaired) electrons. The minimum Gasteiger partial charge on any atom is -0.349 e. The quantitative estimate of drug-likeness (QED) is 0.888. The maximum absolute atomic E-state index is 13.3. The second-order valence-corrected chi connectivity index (χ2v) is 6.93. The summed E-state index contributed by atoms with van der Waals surface area (Å²) < 4.78 is 15.3. The minimum absolute atomic E-state index is 0.0728. The maximum Gasteiger partial charge on any atom is 0.255 e. The smallest absolute Gasteiger partial charge is 0.255 e. The van der Waals surface area contributed by atoms with E-state index in [1.54, 1.807) is 12.3 Å². The highest BCUT2D eigenvalue weighted by Gasteiger charge is 2.21. The number of rotatable bonds is 4. The first-order chi connectivity index (χ1) is 12.7. The molecule has 1 aliphatic carbocycles. The van der Waals surface area contributed by atoms with Crippen LogP contribution in [0.15, 0.2) is 48.3 Å². The molecule has 5 nitrogen and oxygen atoms in total. The van der Waals surface area contributed by atoms with Gasteiger partial charge in [-0.25, -0.2) is 4.39 Å². The molecule has 136 valence electrons. The van der Waals surface area contributed by atoms with Crippen molar-refractivity contribution in [3.05, 3.63) is 53.9 Å². The Hall–Kier alpha value is -2.47. The third kappa shape index (κ3) is 3.55. The van der Waals surface area contributed by atoms with E-state index in [0.29, 0.717) is 24.0 Å². The van der Waals surface area contributed by atoms with E-state index in [0.717, 1.165) is 37.0 Å². The molecule has 1 fully saturated rings. The van der Waals surface area contributed by atoms with E-state index in [4.69, 9.17) is 0 Å². The lowest BCUT2D eigenvalue weighted by Gasteiger charge is -2.23. The average molecular weight is 354 g/mol. The Bertz CT molecular complexity index is 864. The van der Waals surface area contributed by atoms with Gasteiger partial charge in [-0.3, -0.25) is 9.78 Å². The van der Waals surface area contributed by atoms with Gasteiger partial charge in [0.1, 0.15) is 11.7 Å². The molecule has 1 aliphatic heterocycles. The molecular weight excluding hydrogens is 331 g/mol. The first-order valence-electron chi connectivity index (χ1n) is 9.17. The average Bonchev–Trinajstić information content (AvgIpc) is 3.03. The molecule has 3 heterocycles. The van der Waals surface area contributed by atoms with Gasteiger partial charge in [0.25, 0.3) is 5.91 Å². The van der Waals surface area contributed by atoms with Crippen LogP contribution in [-0.4, -0.2) is 40.8 Å². The number of halogens is 1. The first kappa shape index (κ1) is 17.0. The molecule has 0 bridgehead atoms. The van der Waals surface area contributed by atoms with Crippen LogP contribution >= 0.6 is 0 Å². The van der Waals surface area contributed by atoms with Crippen LogP contribution in [0, 0.1) is 0 Å². The number of carbonyl (C=O) groups excluding carboxylic acids is 1. The van der Waals surface area contributed by atoms with Crippen LogP contribution in [0.1, 0.15) is 29.6 Å². The van der Waals surface area contributed by atoms with Gasteiger partial charge >= 0.3 is 0 Å². The standard InChI is InChI=1S/C20H23FN4O/c21-15-5-3-14(4-6-15)12-25-13-17(19-18(25)2-1-9-23-19)20(26)24-16-7-10-22-11-8-16/h1-5,9,13,15-16,22H,6-8,10-12H2,(H,24,26). The highest BCUT2D eigenvalue weighted by Crippen LogP contribution is 2.22. The number of amides is 1. The van der Waals surface area contributed by atoms with E-state index < -0.39 is 6.17 Å². The molecule has 0 aromatic carbocycles. The van der Waals surface area contributed by atoms with Gasteiger partial charge in [-0.1, -0.05) is 18.2 Å². The number of nitrogens with one attached hydrogen (secondary N) is 2. The van der Waals surface area contributed by atoms with E-state index in [1.807, 2.05) is 35.0 Å². The van der Waals surface area contributed by atoms with E-state index in [1.165, 1.54) is 0 Å². The summed E-state index contributed by atoms with van der Waals surface area (Å²) in [4.78, 5) is 17.2. The summed E-state index contributed by atoms with van der Waals surface area (Å²) in [5.41, 5.74) is 3.27. The molecule has 0 saturated carbocycles. The molecule has 1 unspecified atom stereocenters. The lowest BCUT2D eigenvalue weighted by atomic mass is 10.1. The zero-order chi connectivity index (χ0) is 17.9. The van der Waals surface area contributed by atoms with Crippen LogP contribution in [-0.2, 0) is 6.54 Å². The number of carbonyl (C=O) groups is 1. The van der Waals surface area contributed by atoms with E-state index in [2.05, 4.69) is 15.6 Å². The maximum atomic E-state index is 13.3. The predicted molar refractivity (Wildman–Crippen MR) is 99.8 cm³/mol. The van der Waals surface area contributed by atoms with Crippen LogP contribution < -0.4 is 10.6 Å². The lowest BCUT2D eigenvalue weighted by molar-refractivity contribution is 0.0931. The highest BCUT2D eigenvalue weighted by molar-refractivity contribution is 6.05. The van der Waals surface area contributed by atoms with Crippen molar-refractivity contribution in [2.75, 3.05) is 13.1 Å². The van der Waals surface area contributed by atoms with E-state index in [9.17, 15) is 9.18 Å². The van der Waals surface area contributed by atoms with Crippen LogP contribution in [0.2, 0.25) is 0 Å². The molecule has 26 heavy (non-hydrogen) atoms. The number of allylic oxidation sites excluding steroid dienone is 4. The highest BCUT2D eigenvalue weighted by atomic mass is 19.1. The van der Waals surface area contributed by atoms with Crippen molar-refractivity contribution in [2.45, 2.75) is 38.0 Å². The van der Waals surface area contributed by atoms with Crippen molar-refractivity contribution in [2.24, 2.45) is 0 Å². The fraction of sp³-hybridized carbons (Fsp3) is 0.400. The Labute approximate surface area is 152 Å². The van der Waals surface area contributed by atoms with Gasteiger partial charge in [-0.15, -0.1) is 0 Å². The van der Waals surface area contributed by atoms with Crippen molar-refractivity contribution in [1.29, 1.82) is 0 Å². The fourth-order valence-corrected chi connectivity index (χ4v) is 3.60. The molecule has 2 aromatic rings. The monoisotopic (exact) mass is 354 g/mol. The molecule has 4 rings (SSSR count). The first-order valence-corrected chi connectivity index (χ1v) is 9.17.